The summed E-state index contributed by atoms with van der Waals surface area (Å²) in [4.78, 5) is 9.00. The Kier molecular flexibility index (Phi) is 4.09. The predicted octanol–water partition coefficient (Wildman–Crippen LogP) is 2.33. The van der Waals surface area contributed by atoms with Crippen molar-refractivity contribution in [1.82, 2.24) is 5.32 Å². The zero-order chi connectivity index (χ0) is 14.8. The monoisotopic (exact) mass is 261 g/mol. The van der Waals surface area contributed by atoms with Gasteiger partial charge in [-0.2, -0.15) is 0 Å². The lowest BCUT2D eigenvalue weighted by Gasteiger charge is -2.19. The van der Waals surface area contributed by atoms with Crippen LogP contribution in [0, 0.1) is 10.8 Å². The summed E-state index contributed by atoms with van der Waals surface area (Å²) in [7, 11) is 0. The van der Waals surface area contributed by atoms with E-state index in [-0.39, 0.29) is 5.41 Å². The normalized spacial score (nSPS) is 13.3. The molecule has 0 saturated carbocycles. The number of carbonyl (C=O) groups is 1. The van der Waals surface area contributed by atoms with Crippen LogP contribution in [-0.4, -0.2) is 22.7 Å². The molecule has 1 aliphatic heterocycles. The first-order valence-electron chi connectivity index (χ1n) is 5.92. The summed E-state index contributed by atoms with van der Waals surface area (Å²) in [6.45, 7) is 7.52. The number of rotatable bonds is 0. The Labute approximate surface area is 112 Å². The van der Waals surface area contributed by atoms with Gasteiger partial charge in [-0.1, -0.05) is 32.9 Å². The quantitative estimate of drug-likeness (QED) is 0.577. The average molecular weight is 261 g/mol. The van der Waals surface area contributed by atoms with Crippen molar-refractivity contribution in [1.29, 1.82) is 10.8 Å². The van der Waals surface area contributed by atoms with E-state index in [4.69, 9.17) is 20.7 Å². The second kappa shape index (κ2) is 5.22. The highest BCUT2D eigenvalue weighted by atomic mass is 16.4. The van der Waals surface area contributed by atoms with Crippen LogP contribution in [-0.2, 0) is 10.2 Å². The third-order valence-electron chi connectivity index (χ3n) is 2.67. The van der Waals surface area contributed by atoms with Crippen molar-refractivity contribution in [2.45, 2.75) is 33.1 Å². The van der Waals surface area contributed by atoms with Gasteiger partial charge >= 0.3 is 0 Å². The van der Waals surface area contributed by atoms with E-state index in [1.165, 1.54) is 5.56 Å². The first-order chi connectivity index (χ1) is 8.62. The van der Waals surface area contributed by atoms with Crippen molar-refractivity contribution in [3.63, 3.8) is 0 Å². The van der Waals surface area contributed by atoms with Crippen LogP contribution < -0.4 is 5.32 Å². The van der Waals surface area contributed by atoms with Crippen molar-refractivity contribution in [3.8, 4) is 0 Å². The lowest BCUT2D eigenvalue weighted by atomic mass is 9.85. The summed E-state index contributed by atoms with van der Waals surface area (Å²) >= 11 is 0. The Morgan fingerprint density at radius 3 is 2.11 bits per heavy atom. The van der Waals surface area contributed by atoms with E-state index in [2.05, 4.69) is 26.1 Å². The molecular weight excluding hydrogens is 242 g/mol. The van der Waals surface area contributed by atoms with Gasteiger partial charge in [0.25, 0.3) is 5.97 Å². The van der Waals surface area contributed by atoms with Crippen LogP contribution in [0.15, 0.2) is 18.2 Å². The molecule has 102 valence electrons. The van der Waals surface area contributed by atoms with E-state index < -0.39 is 5.97 Å². The average Bonchev–Trinajstić information content (AvgIpc) is 2.52. The van der Waals surface area contributed by atoms with Gasteiger partial charge in [0, 0.05) is 18.1 Å². The highest BCUT2D eigenvalue weighted by Crippen LogP contribution is 2.26. The Morgan fingerprint density at radius 1 is 1.16 bits per heavy atom. The smallest absolute Gasteiger partial charge is 0.300 e. The van der Waals surface area contributed by atoms with Crippen molar-refractivity contribution >= 4 is 17.6 Å². The van der Waals surface area contributed by atoms with Crippen LogP contribution in [0.25, 0.3) is 0 Å². The van der Waals surface area contributed by atoms with Crippen molar-refractivity contribution < 1.29 is 9.90 Å². The lowest BCUT2D eigenvalue weighted by Crippen LogP contribution is -2.20. The molecule has 0 aliphatic carbocycles. The number of fused-ring (bicyclic) bond motifs is 1. The summed E-state index contributed by atoms with van der Waals surface area (Å²) in [5.41, 5.74) is 2.95. The molecule has 0 unspecified atom stereocenters. The molecule has 4 N–H and O–H groups in total. The zero-order valence-electron chi connectivity index (χ0n) is 11.6. The second-order valence-corrected chi connectivity index (χ2v) is 5.40. The maximum absolute atomic E-state index is 9.00. The maximum atomic E-state index is 9.00. The number of aliphatic carboxylic acids is 1. The van der Waals surface area contributed by atoms with E-state index in [0.29, 0.717) is 11.7 Å². The molecule has 5 nitrogen and oxygen atoms in total. The summed E-state index contributed by atoms with van der Waals surface area (Å²) in [6.07, 6.45) is 0. The van der Waals surface area contributed by atoms with Crippen LogP contribution in [0.1, 0.15) is 44.4 Å². The number of hydrogen-bond acceptors (Lipinski definition) is 3. The molecule has 1 heterocycles. The standard InChI is InChI=1S/C12H15N3.C2H4O2/c1-12(2,3)7-4-5-8-9(6-7)11(14)15-10(8)13;1-2(3)4/h4-6H,1-3H3,(H3,13,14,15);1H3,(H,3,4). The Balaban J connectivity index is 0.000000399. The van der Waals surface area contributed by atoms with E-state index in [1.807, 2.05) is 18.2 Å². The number of amidine groups is 2. The second-order valence-electron chi connectivity index (χ2n) is 5.40. The molecule has 0 aromatic heterocycles. The molecule has 1 aromatic carbocycles. The molecule has 0 bridgehead atoms. The Morgan fingerprint density at radius 2 is 1.63 bits per heavy atom. The minimum atomic E-state index is -0.833. The maximum Gasteiger partial charge on any atom is 0.300 e. The third kappa shape index (κ3) is 3.64. The van der Waals surface area contributed by atoms with E-state index in [0.717, 1.165) is 18.1 Å². The fourth-order valence-corrected chi connectivity index (χ4v) is 1.70. The number of carboxylic acid groups (broad SMARTS) is 1. The molecule has 0 fully saturated rings. The van der Waals surface area contributed by atoms with Gasteiger partial charge < -0.3 is 10.4 Å². The molecular formula is C14H19N3O2. The minimum absolute atomic E-state index is 0.0834. The van der Waals surface area contributed by atoms with Crippen molar-refractivity contribution in [2.24, 2.45) is 0 Å². The van der Waals surface area contributed by atoms with Crippen LogP contribution in [0.4, 0.5) is 0 Å². The van der Waals surface area contributed by atoms with Gasteiger partial charge in [-0.25, -0.2) is 0 Å². The summed E-state index contributed by atoms with van der Waals surface area (Å²) in [5.74, 6) is -0.170. The fraction of sp³-hybridized carbons (Fsp3) is 0.357. The largest absolute Gasteiger partial charge is 0.481 e. The number of hydrogen-bond donors (Lipinski definition) is 4. The van der Waals surface area contributed by atoms with Crippen LogP contribution in [0.3, 0.4) is 0 Å². The van der Waals surface area contributed by atoms with Gasteiger partial charge in [-0.05, 0) is 17.0 Å². The predicted molar refractivity (Wildman–Crippen MR) is 75.2 cm³/mol. The molecule has 1 aromatic rings. The molecule has 19 heavy (non-hydrogen) atoms. The van der Waals surface area contributed by atoms with Crippen molar-refractivity contribution in [3.05, 3.63) is 34.9 Å². The molecule has 5 heteroatoms. The molecule has 0 spiro atoms. The third-order valence-corrected chi connectivity index (χ3v) is 2.67. The Bertz CT molecular complexity index is 538. The fourth-order valence-electron chi connectivity index (χ4n) is 1.70. The van der Waals surface area contributed by atoms with Gasteiger partial charge in [0.1, 0.15) is 11.7 Å². The van der Waals surface area contributed by atoms with Gasteiger partial charge in [0.15, 0.2) is 0 Å². The van der Waals surface area contributed by atoms with Crippen LogP contribution in [0.5, 0.6) is 0 Å². The molecule has 0 saturated heterocycles. The summed E-state index contributed by atoms with van der Waals surface area (Å²) in [5, 5.41) is 25.5. The first kappa shape index (κ1) is 14.9. The van der Waals surface area contributed by atoms with E-state index in [9.17, 15) is 0 Å². The number of nitrogens with one attached hydrogen (secondary N) is 3. The Hall–Kier alpha value is -2.17. The molecule has 1 aliphatic rings. The SMILES string of the molecule is CC(=O)O.CC(C)(C)c1ccc2c(c1)C(=N)NC2=N. The van der Waals surface area contributed by atoms with Crippen LogP contribution >= 0.6 is 0 Å². The van der Waals surface area contributed by atoms with Crippen LogP contribution in [0.2, 0.25) is 0 Å². The van der Waals surface area contributed by atoms with Gasteiger partial charge in [-0.15, -0.1) is 0 Å². The van der Waals surface area contributed by atoms with Gasteiger partial charge in [0.05, 0.1) is 0 Å². The van der Waals surface area contributed by atoms with E-state index >= 15 is 0 Å². The lowest BCUT2D eigenvalue weighted by molar-refractivity contribution is -0.134. The first-order valence-corrected chi connectivity index (χ1v) is 5.92. The number of carboxylic acids is 1. The number of benzene rings is 1. The molecule has 0 radical (unpaired) electrons. The van der Waals surface area contributed by atoms with Crippen molar-refractivity contribution in [2.75, 3.05) is 0 Å². The van der Waals surface area contributed by atoms with Gasteiger partial charge in [0.2, 0.25) is 0 Å². The minimum Gasteiger partial charge on any atom is -0.481 e. The molecule has 0 atom stereocenters. The van der Waals surface area contributed by atoms with E-state index in [1.54, 1.807) is 0 Å². The molecule has 2 rings (SSSR count). The molecule has 0 amide bonds. The highest BCUT2D eigenvalue weighted by molar-refractivity contribution is 6.23. The summed E-state index contributed by atoms with van der Waals surface area (Å²) < 4.78 is 0. The topological polar surface area (TPSA) is 97.0 Å². The summed E-state index contributed by atoms with van der Waals surface area (Å²) in [6, 6.07) is 5.96. The zero-order valence-corrected chi connectivity index (χ0v) is 11.6. The highest BCUT2D eigenvalue weighted by Gasteiger charge is 2.23. The van der Waals surface area contributed by atoms with Gasteiger partial charge in [-0.3, -0.25) is 15.6 Å².